The van der Waals surface area contributed by atoms with Gasteiger partial charge in [0.15, 0.2) is 0 Å². The molecule has 1 aromatic heterocycles. The maximum Gasteiger partial charge on any atom is 0.328 e. The monoisotopic (exact) mass is 343 g/mol. The summed E-state index contributed by atoms with van der Waals surface area (Å²) in [5.74, 6) is 1.03. The average molecular weight is 343 g/mol. The molecule has 1 amide bonds. The lowest BCUT2D eigenvalue weighted by Crippen LogP contribution is -2.44. The van der Waals surface area contributed by atoms with Gasteiger partial charge in [-0.2, -0.15) is 0 Å². The van der Waals surface area contributed by atoms with Crippen LogP contribution < -0.4 is 16.6 Å². The Bertz CT molecular complexity index is 883. The highest BCUT2D eigenvalue weighted by atomic mass is 16.2. The normalized spacial score (nSPS) is 23.5. The Hall–Kier alpha value is -2.37. The molecule has 1 aliphatic carbocycles. The predicted octanol–water partition coefficient (Wildman–Crippen LogP) is 2.02. The van der Waals surface area contributed by atoms with Crippen molar-refractivity contribution in [3.8, 4) is 0 Å². The van der Waals surface area contributed by atoms with E-state index in [-0.39, 0.29) is 24.9 Å². The van der Waals surface area contributed by atoms with Gasteiger partial charge in [0.25, 0.3) is 5.56 Å². The number of benzene rings is 1. The predicted molar refractivity (Wildman–Crippen MR) is 97.6 cm³/mol. The van der Waals surface area contributed by atoms with Crippen LogP contribution in [-0.2, 0) is 11.3 Å². The largest absolute Gasteiger partial charge is 0.353 e. The fraction of sp³-hybridized carbons (Fsp3) is 0.526. The topological polar surface area (TPSA) is 84.0 Å². The van der Waals surface area contributed by atoms with Crippen molar-refractivity contribution in [3.63, 3.8) is 0 Å². The molecule has 0 bridgehead atoms. The second kappa shape index (κ2) is 7.25. The van der Waals surface area contributed by atoms with Crippen LogP contribution in [0.25, 0.3) is 10.9 Å². The third-order valence-electron chi connectivity index (χ3n) is 5.52. The zero-order valence-electron chi connectivity index (χ0n) is 14.7. The zero-order chi connectivity index (χ0) is 18.0. The molecule has 6 heteroatoms. The second-order valence-electron chi connectivity index (χ2n) is 7.12. The van der Waals surface area contributed by atoms with Gasteiger partial charge in [0.05, 0.1) is 10.9 Å². The van der Waals surface area contributed by atoms with Crippen molar-refractivity contribution in [2.24, 2.45) is 11.8 Å². The van der Waals surface area contributed by atoms with Crippen LogP contribution in [0, 0.1) is 11.8 Å². The van der Waals surface area contributed by atoms with E-state index in [1.807, 2.05) is 0 Å². The summed E-state index contributed by atoms with van der Waals surface area (Å²) in [6.45, 7) is 4.67. The molecule has 1 heterocycles. The van der Waals surface area contributed by atoms with E-state index < -0.39 is 11.2 Å². The maximum atomic E-state index is 12.4. The molecule has 1 fully saturated rings. The minimum atomic E-state index is -0.476. The van der Waals surface area contributed by atoms with Gasteiger partial charge >= 0.3 is 5.69 Å². The summed E-state index contributed by atoms with van der Waals surface area (Å²) in [4.78, 5) is 38.7. The molecule has 134 valence electrons. The third kappa shape index (κ3) is 3.67. The minimum Gasteiger partial charge on any atom is -0.353 e. The van der Waals surface area contributed by atoms with Crippen LogP contribution in [0.1, 0.15) is 39.5 Å². The van der Waals surface area contributed by atoms with Gasteiger partial charge in [0.1, 0.15) is 0 Å². The van der Waals surface area contributed by atoms with E-state index in [1.54, 1.807) is 24.3 Å². The molecule has 6 nitrogen and oxygen atoms in total. The Morgan fingerprint density at radius 2 is 2.00 bits per heavy atom. The Balaban J connectivity index is 1.72. The SMILES string of the molecule is C[C@H]1[C@H](C)CCC[C@H]1NC(=O)CCn1c(=O)[nH]c(=O)c2ccccc21. The molecule has 25 heavy (non-hydrogen) atoms. The fourth-order valence-corrected chi connectivity index (χ4v) is 3.74. The average Bonchev–Trinajstić information content (AvgIpc) is 2.59. The summed E-state index contributed by atoms with van der Waals surface area (Å²) in [7, 11) is 0. The number of aromatic nitrogens is 2. The number of H-pyrrole nitrogens is 1. The highest BCUT2D eigenvalue weighted by molar-refractivity contribution is 5.79. The number of para-hydroxylation sites is 1. The van der Waals surface area contributed by atoms with Crippen LogP contribution in [0.4, 0.5) is 0 Å². The van der Waals surface area contributed by atoms with Gasteiger partial charge in [-0.05, 0) is 30.4 Å². The Morgan fingerprint density at radius 3 is 2.80 bits per heavy atom. The molecule has 0 aliphatic heterocycles. The summed E-state index contributed by atoms with van der Waals surface area (Å²) in [5.41, 5.74) is -0.314. The van der Waals surface area contributed by atoms with Crippen LogP contribution in [0.5, 0.6) is 0 Å². The number of amides is 1. The molecule has 0 spiro atoms. The summed E-state index contributed by atoms with van der Waals surface area (Å²) in [6, 6.07) is 7.15. The first-order valence-corrected chi connectivity index (χ1v) is 8.98. The number of nitrogens with one attached hydrogen (secondary N) is 2. The second-order valence-corrected chi connectivity index (χ2v) is 7.12. The minimum absolute atomic E-state index is 0.0480. The van der Waals surface area contributed by atoms with E-state index >= 15 is 0 Å². The first kappa shape index (κ1) is 17.5. The van der Waals surface area contributed by atoms with E-state index in [2.05, 4.69) is 24.1 Å². The Morgan fingerprint density at radius 1 is 1.24 bits per heavy atom. The van der Waals surface area contributed by atoms with Gasteiger partial charge in [-0.3, -0.25) is 19.1 Å². The molecule has 3 rings (SSSR count). The van der Waals surface area contributed by atoms with Gasteiger partial charge in [-0.25, -0.2) is 4.79 Å². The number of carbonyl (C=O) groups is 1. The number of hydrogen-bond donors (Lipinski definition) is 2. The van der Waals surface area contributed by atoms with Crippen molar-refractivity contribution in [1.82, 2.24) is 14.9 Å². The lowest BCUT2D eigenvalue weighted by molar-refractivity contribution is -0.122. The maximum absolute atomic E-state index is 12.4. The number of aromatic amines is 1. The van der Waals surface area contributed by atoms with Crippen molar-refractivity contribution >= 4 is 16.8 Å². The number of fused-ring (bicyclic) bond motifs is 1. The van der Waals surface area contributed by atoms with E-state index in [9.17, 15) is 14.4 Å². The third-order valence-corrected chi connectivity index (χ3v) is 5.52. The van der Waals surface area contributed by atoms with Crippen molar-refractivity contribution in [2.75, 3.05) is 0 Å². The molecule has 3 atom stereocenters. The number of aryl methyl sites for hydroxylation is 1. The molecule has 2 N–H and O–H groups in total. The summed E-state index contributed by atoms with van der Waals surface area (Å²) in [6.07, 6.45) is 3.58. The van der Waals surface area contributed by atoms with E-state index in [4.69, 9.17) is 0 Å². The molecule has 0 radical (unpaired) electrons. The Kier molecular flexibility index (Phi) is 5.06. The summed E-state index contributed by atoms with van der Waals surface area (Å²) >= 11 is 0. The first-order chi connectivity index (χ1) is 12.0. The zero-order valence-corrected chi connectivity index (χ0v) is 14.7. The highest BCUT2D eigenvalue weighted by Crippen LogP contribution is 2.29. The molecule has 2 aromatic rings. The van der Waals surface area contributed by atoms with Crippen molar-refractivity contribution in [2.45, 2.75) is 52.1 Å². The first-order valence-electron chi connectivity index (χ1n) is 8.98. The number of carbonyl (C=O) groups excluding carboxylic acids is 1. The molecule has 1 saturated carbocycles. The molecule has 0 unspecified atom stereocenters. The highest BCUT2D eigenvalue weighted by Gasteiger charge is 2.27. The standard InChI is InChI=1S/C19H25N3O3/c1-12-6-5-8-15(13(12)2)20-17(23)10-11-22-16-9-4-3-7-14(16)18(24)21-19(22)25/h3-4,7,9,12-13,15H,5-6,8,10-11H2,1-2H3,(H,20,23)(H,21,24,25)/t12-,13+,15-/m1/s1. The molecule has 1 aliphatic rings. The summed E-state index contributed by atoms with van der Waals surface area (Å²) in [5, 5.41) is 3.58. The number of nitrogens with zero attached hydrogens (tertiary/aromatic N) is 1. The van der Waals surface area contributed by atoms with Gasteiger partial charge < -0.3 is 5.32 Å². The Labute approximate surface area is 146 Å². The van der Waals surface area contributed by atoms with Crippen molar-refractivity contribution < 1.29 is 4.79 Å². The van der Waals surface area contributed by atoms with E-state index in [0.29, 0.717) is 22.7 Å². The van der Waals surface area contributed by atoms with Gasteiger partial charge in [0.2, 0.25) is 5.91 Å². The summed E-state index contributed by atoms with van der Waals surface area (Å²) < 4.78 is 1.46. The molecular weight excluding hydrogens is 318 g/mol. The molecular formula is C19H25N3O3. The quantitative estimate of drug-likeness (QED) is 0.891. The van der Waals surface area contributed by atoms with E-state index in [0.717, 1.165) is 12.8 Å². The van der Waals surface area contributed by atoms with E-state index in [1.165, 1.54) is 11.0 Å². The van der Waals surface area contributed by atoms with Gasteiger partial charge in [-0.1, -0.05) is 38.8 Å². The molecule has 1 aromatic carbocycles. The van der Waals surface area contributed by atoms with Crippen LogP contribution in [0.3, 0.4) is 0 Å². The van der Waals surface area contributed by atoms with Gasteiger partial charge in [-0.15, -0.1) is 0 Å². The fourth-order valence-electron chi connectivity index (χ4n) is 3.74. The van der Waals surface area contributed by atoms with Gasteiger partial charge in [0, 0.05) is 19.0 Å². The van der Waals surface area contributed by atoms with Crippen molar-refractivity contribution in [1.29, 1.82) is 0 Å². The number of rotatable bonds is 4. The van der Waals surface area contributed by atoms with Crippen LogP contribution in [-0.4, -0.2) is 21.5 Å². The molecule has 0 saturated heterocycles. The van der Waals surface area contributed by atoms with Crippen LogP contribution in [0.15, 0.2) is 33.9 Å². The smallest absolute Gasteiger partial charge is 0.328 e. The van der Waals surface area contributed by atoms with Crippen LogP contribution in [0.2, 0.25) is 0 Å². The van der Waals surface area contributed by atoms with Crippen molar-refractivity contribution in [3.05, 3.63) is 45.1 Å². The van der Waals surface area contributed by atoms with Crippen LogP contribution >= 0.6 is 0 Å². The number of hydrogen-bond acceptors (Lipinski definition) is 3. The lowest BCUT2D eigenvalue weighted by atomic mass is 9.78. The lowest BCUT2D eigenvalue weighted by Gasteiger charge is -2.34.